The van der Waals surface area contributed by atoms with E-state index in [4.69, 9.17) is 0 Å². The summed E-state index contributed by atoms with van der Waals surface area (Å²) in [5.74, 6) is -0.490. The maximum atomic E-state index is 13.2. The molecule has 0 aliphatic heterocycles. The highest BCUT2D eigenvalue weighted by Crippen LogP contribution is 2.31. The zero-order valence-electron chi connectivity index (χ0n) is 16.3. The number of nitrogens with one attached hydrogen (secondary N) is 1. The van der Waals surface area contributed by atoms with Crippen LogP contribution in [0, 0.1) is 0 Å². The Morgan fingerprint density at radius 1 is 1.21 bits per heavy atom. The van der Waals surface area contributed by atoms with Crippen LogP contribution in [0.3, 0.4) is 0 Å². The SMILES string of the molecule is COC(=O)c1cccc(NS(=O)(=O)c2c(C(C)C)nc3sc(C(C)C)nn23)c1. The molecule has 28 heavy (non-hydrogen) atoms. The zero-order valence-corrected chi connectivity index (χ0v) is 17.9. The number of imidazole rings is 1. The van der Waals surface area contributed by atoms with E-state index in [2.05, 4.69) is 19.5 Å². The standard InChI is InChI=1S/C18H22N4O4S2/c1-10(2)14-16(22-18(19-14)27-15(20-22)11(3)4)28(24,25)21-13-8-6-7-12(9-13)17(23)26-5/h6-11,21H,1-5H3. The molecule has 0 saturated heterocycles. The minimum absolute atomic E-state index is 0.0177. The summed E-state index contributed by atoms with van der Waals surface area (Å²) in [6.45, 7) is 7.75. The number of nitrogens with zero attached hydrogens (tertiary/aromatic N) is 3. The monoisotopic (exact) mass is 422 g/mol. The highest BCUT2D eigenvalue weighted by atomic mass is 32.2. The number of methoxy groups -OCH3 is 1. The highest BCUT2D eigenvalue weighted by molar-refractivity contribution is 7.92. The van der Waals surface area contributed by atoms with Gasteiger partial charge in [0, 0.05) is 11.6 Å². The van der Waals surface area contributed by atoms with Gasteiger partial charge in [0.15, 0.2) is 0 Å². The number of aromatic nitrogens is 3. The summed E-state index contributed by atoms with van der Waals surface area (Å²) in [6, 6.07) is 6.13. The van der Waals surface area contributed by atoms with Crippen LogP contribution in [0.4, 0.5) is 5.69 Å². The number of hydrogen-bond acceptors (Lipinski definition) is 7. The quantitative estimate of drug-likeness (QED) is 0.609. The van der Waals surface area contributed by atoms with Crippen molar-refractivity contribution >= 4 is 38.0 Å². The minimum Gasteiger partial charge on any atom is -0.465 e. The fraction of sp³-hybridized carbons (Fsp3) is 0.389. The molecular formula is C18H22N4O4S2. The van der Waals surface area contributed by atoms with Gasteiger partial charge in [0.25, 0.3) is 10.0 Å². The first kappa shape index (κ1) is 20.3. The second-order valence-corrected chi connectivity index (χ2v) is 9.51. The molecule has 0 atom stereocenters. The fourth-order valence-corrected chi connectivity index (χ4v) is 5.06. The zero-order chi connectivity index (χ0) is 20.6. The fourth-order valence-electron chi connectivity index (χ4n) is 2.65. The van der Waals surface area contributed by atoms with Gasteiger partial charge in [-0.2, -0.15) is 18.0 Å². The summed E-state index contributed by atoms with van der Waals surface area (Å²) in [7, 11) is -2.72. The molecule has 1 N–H and O–H groups in total. The molecule has 0 spiro atoms. The summed E-state index contributed by atoms with van der Waals surface area (Å²) in [5.41, 5.74) is 0.957. The highest BCUT2D eigenvalue weighted by Gasteiger charge is 2.29. The molecular weight excluding hydrogens is 400 g/mol. The van der Waals surface area contributed by atoms with E-state index in [1.54, 1.807) is 18.2 Å². The third-order valence-corrected chi connectivity index (χ3v) is 6.64. The van der Waals surface area contributed by atoms with E-state index in [0.29, 0.717) is 10.7 Å². The number of carbonyl (C=O) groups is 1. The third-order valence-electron chi connectivity index (χ3n) is 4.03. The molecule has 150 valence electrons. The van der Waals surface area contributed by atoms with E-state index in [-0.39, 0.29) is 28.1 Å². The Balaban J connectivity index is 2.09. The van der Waals surface area contributed by atoms with Gasteiger partial charge in [0.2, 0.25) is 9.99 Å². The van der Waals surface area contributed by atoms with Crippen molar-refractivity contribution in [3.63, 3.8) is 0 Å². The number of fused-ring (bicyclic) bond motifs is 1. The predicted molar refractivity (Wildman–Crippen MR) is 108 cm³/mol. The lowest BCUT2D eigenvalue weighted by molar-refractivity contribution is 0.0600. The van der Waals surface area contributed by atoms with Gasteiger partial charge >= 0.3 is 5.97 Å². The van der Waals surface area contributed by atoms with Crippen LogP contribution < -0.4 is 4.72 Å². The van der Waals surface area contributed by atoms with Crippen LogP contribution in [0.5, 0.6) is 0 Å². The van der Waals surface area contributed by atoms with Gasteiger partial charge in [-0.3, -0.25) is 4.72 Å². The second kappa shape index (κ2) is 7.51. The molecule has 0 bridgehead atoms. The molecule has 3 aromatic rings. The molecule has 2 heterocycles. The van der Waals surface area contributed by atoms with Gasteiger partial charge in [-0.05, 0) is 24.1 Å². The molecule has 0 fully saturated rings. The first-order valence-corrected chi connectivity index (χ1v) is 11.0. The maximum Gasteiger partial charge on any atom is 0.337 e. The largest absolute Gasteiger partial charge is 0.465 e. The Bertz CT molecular complexity index is 1130. The number of rotatable bonds is 6. The van der Waals surface area contributed by atoms with E-state index in [1.165, 1.54) is 29.0 Å². The van der Waals surface area contributed by atoms with E-state index in [1.807, 2.05) is 27.7 Å². The van der Waals surface area contributed by atoms with Crippen molar-refractivity contribution in [1.29, 1.82) is 0 Å². The van der Waals surface area contributed by atoms with Crippen LogP contribution in [0.1, 0.15) is 60.6 Å². The van der Waals surface area contributed by atoms with Gasteiger partial charge < -0.3 is 4.74 Å². The normalized spacial score (nSPS) is 12.1. The topological polar surface area (TPSA) is 103 Å². The number of ether oxygens (including phenoxy) is 1. The number of benzene rings is 1. The summed E-state index contributed by atoms with van der Waals surface area (Å²) >= 11 is 1.38. The smallest absolute Gasteiger partial charge is 0.337 e. The second-order valence-electron chi connectivity index (χ2n) is 6.92. The average molecular weight is 423 g/mol. The minimum atomic E-state index is -3.99. The first-order chi connectivity index (χ1) is 13.1. The van der Waals surface area contributed by atoms with Crippen molar-refractivity contribution in [1.82, 2.24) is 14.6 Å². The summed E-state index contributed by atoms with van der Waals surface area (Å²) in [5, 5.41) is 5.29. The third kappa shape index (κ3) is 3.74. The van der Waals surface area contributed by atoms with Gasteiger partial charge in [-0.15, -0.1) is 0 Å². The number of carbonyl (C=O) groups excluding carboxylic acids is 1. The molecule has 0 saturated carbocycles. The molecule has 0 radical (unpaired) electrons. The van der Waals surface area contributed by atoms with Crippen molar-refractivity contribution in [3.05, 3.63) is 40.5 Å². The molecule has 3 rings (SSSR count). The Morgan fingerprint density at radius 3 is 2.54 bits per heavy atom. The molecule has 0 aliphatic carbocycles. The van der Waals surface area contributed by atoms with Crippen molar-refractivity contribution < 1.29 is 17.9 Å². The number of hydrogen-bond donors (Lipinski definition) is 1. The molecule has 1 aromatic carbocycles. The van der Waals surface area contributed by atoms with Crippen LogP contribution >= 0.6 is 11.3 Å². The van der Waals surface area contributed by atoms with E-state index in [9.17, 15) is 13.2 Å². The van der Waals surface area contributed by atoms with Gasteiger partial charge in [-0.25, -0.2) is 9.78 Å². The van der Waals surface area contributed by atoms with Crippen LogP contribution in [0.25, 0.3) is 4.96 Å². The lowest BCUT2D eigenvalue weighted by atomic mass is 10.2. The van der Waals surface area contributed by atoms with Crippen molar-refractivity contribution in [2.75, 3.05) is 11.8 Å². The molecule has 0 amide bonds. The number of sulfonamides is 1. The Kier molecular flexibility index (Phi) is 5.44. The number of esters is 1. The van der Waals surface area contributed by atoms with Crippen LogP contribution in [0.15, 0.2) is 29.3 Å². The molecule has 10 heteroatoms. The van der Waals surface area contributed by atoms with Crippen LogP contribution in [-0.2, 0) is 14.8 Å². The number of anilines is 1. The molecule has 2 aromatic heterocycles. The summed E-state index contributed by atoms with van der Waals surface area (Å²) in [6.07, 6.45) is 0. The lowest BCUT2D eigenvalue weighted by Crippen LogP contribution is -2.18. The Morgan fingerprint density at radius 2 is 1.93 bits per heavy atom. The van der Waals surface area contributed by atoms with Gasteiger partial charge in [0.1, 0.15) is 5.01 Å². The van der Waals surface area contributed by atoms with Gasteiger partial charge in [-0.1, -0.05) is 45.1 Å². The molecule has 0 unspecified atom stereocenters. The molecule has 8 nitrogen and oxygen atoms in total. The average Bonchev–Trinajstić information content (AvgIpc) is 3.18. The van der Waals surface area contributed by atoms with Crippen molar-refractivity contribution in [3.8, 4) is 0 Å². The summed E-state index contributed by atoms with van der Waals surface area (Å²) in [4.78, 5) is 16.8. The Hall–Kier alpha value is -2.46. The maximum absolute atomic E-state index is 13.2. The van der Waals surface area contributed by atoms with Crippen LogP contribution in [0.2, 0.25) is 0 Å². The molecule has 0 aliphatic rings. The summed E-state index contributed by atoms with van der Waals surface area (Å²) < 4.78 is 35.0. The Labute approximate surface area is 167 Å². The van der Waals surface area contributed by atoms with Crippen molar-refractivity contribution in [2.45, 2.75) is 44.6 Å². The first-order valence-electron chi connectivity index (χ1n) is 8.74. The van der Waals surface area contributed by atoms with Crippen molar-refractivity contribution in [2.24, 2.45) is 0 Å². The van der Waals surface area contributed by atoms with Gasteiger partial charge in [0.05, 0.1) is 18.4 Å². The predicted octanol–water partition coefficient (Wildman–Crippen LogP) is 3.63. The lowest BCUT2D eigenvalue weighted by Gasteiger charge is -2.11. The van der Waals surface area contributed by atoms with E-state index in [0.717, 1.165) is 5.01 Å². The van der Waals surface area contributed by atoms with E-state index < -0.39 is 16.0 Å². The van der Waals surface area contributed by atoms with E-state index >= 15 is 0 Å². The van der Waals surface area contributed by atoms with Crippen LogP contribution in [-0.4, -0.2) is 36.1 Å².